The summed E-state index contributed by atoms with van der Waals surface area (Å²) in [5.74, 6) is 0. The molecule has 0 amide bonds. The molecule has 3 nitrogen and oxygen atoms in total. The maximum atomic E-state index is 2.64. The number of aromatic nitrogens is 2. The summed E-state index contributed by atoms with van der Waals surface area (Å²) in [5, 5.41) is 3.98. The maximum absolute atomic E-state index is 2.64. The zero-order valence-corrected chi connectivity index (χ0v) is 21.4. The van der Waals surface area contributed by atoms with Crippen molar-refractivity contribution in [3.05, 3.63) is 90.1 Å². The Balaban J connectivity index is 1.27. The van der Waals surface area contributed by atoms with Gasteiger partial charge in [0.1, 0.15) is 6.54 Å². The smallest absolute Gasteiger partial charge is 0.213 e. The third-order valence-corrected chi connectivity index (χ3v) is 7.85. The van der Waals surface area contributed by atoms with Crippen molar-refractivity contribution in [2.75, 3.05) is 19.6 Å². The molecule has 1 saturated heterocycles. The average molecular weight is 475 g/mol. The Morgan fingerprint density at radius 3 is 2.42 bits per heavy atom. The number of piperidine rings is 1. The van der Waals surface area contributed by atoms with Gasteiger partial charge in [0.25, 0.3) is 0 Å². The van der Waals surface area contributed by atoms with E-state index in [1.54, 1.807) is 0 Å². The van der Waals surface area contributed by atoms with Gasteiger partial charge >= 0.3 is 0 Å². The highest BCUT2D eigenvalue weighted by Gasteiger charge is 2.14. The van der Waals surface area contributed by atoms with E-state index in [9.17, 15) is 0 Å². The summed E-state index contributed by atoms with van der Waals surface area (Å²) in [5.41, 5.74) is 6.46. The molecule has 0 radical (unpaired) electrons. The molecule has 0 unspecified atom stereocenters. The highest BCUT2D eigenvalue weighted by atomic mass is 15.1. The SMILES string of the molecule is CCn1c2ccccc2c2cc(/C=C/c3cc[n+](CCCN4CCCCC4)c4ccccc34)ccc21. The van der Waals surface area contributed by atoms with Gasteiger partial charge < -0.3 is 9.47 Å². The molecule has 0 spiro atoms. The number of pyridine rings is 1. The quantitative estimate of drug-likeness (QED) is 0.225. The first-order valence-electron chi connectivity index (χ1n) is 13.6. The molecule has 1 fully saturated rings. The van der Waals surface area contributed by atoms with E-state index in [1.807, 2.05) is 0 Å². The first-order chi connectivity index (χ1) is 17.8. The Kier molecular flexibility index (Phi) is 6.57. The number of hydrogen-bond acceptors (Lipinski definition) is 1. The predicted octanol–water partition coefficient (Wildman–Crippen LogP) is 7.30. The lowest BCUT2D eigenvalue weighted by Crippen LogP contribution is -2.37. The van der Waals surface area contributed by atoms with Gasteiger partial charge in [0.2, 0.25) is 5.52 Å². The highest BCUT2D eigenvalue weighted by Crippen LogP contribution is 2.30. The minimum absolute atomic E-state index is 0.979. The molecule has 6 rings (SSSR count). The van der Waals surface area contributed by atoms with Crippen LogP contribution in [0.3, 0.4) is 0 Å². The third-order valence-electron chi connectivity index (χ3n) is 7.85. The molecule has 36 heavy (non-hydrogen) atoms. The summed E-state index contributed by atoms with van der Waals surface area (Å²) in [7, 11) is 0. The molecule has 1 aliphatic heterocycles. The fraction of sp³-hybridized carbons (Fsp3) is 0.303. The van der Waals surface area contributed by atoms with Crippen molar-refractivity contribution < 1.29 is 4.57 Å². The molecule has 0 aliphatic carbocycles. The fourth-order valence-electron chi connectivity index (χ4n) is 6.00. The number of hydrogen-bond donors (Lipinski definition) is 0. The zero-order valence-electron chi connectivity index (χ0n) is 21.4. The van der Waals surface area contributed by atoms with Crippen LogP contribution in [0.4, 0.5) is 0 Å². The van der Waals surface area contributed by atoms with E-state index in [2.05, 4.69) is 112 Å². The first-order valence-corrected chi connectivity index (χ1v) is 13.6. The van der Waals surface area contributed by atoms with Crippen molar-refractivity contribution in [2.24, 2.45) is 0 Å². The van der Waals surface area contributed by atoms with Crippen LogP contribution in [0.2, 0.25) is 0 Å². The average Bonchev–Trinajstić information content (AvgIpc) is 3.26. The standard InChI is InChI=1S/C33H36N3/c1-2-36-32-14-7-5-12-29(32)30-25-26(16-18-33(30)36)15-17-27-19-24-35(31-13-6-4-11-28(27)31)23-10-22-34-20-8-3-9-21-34/h4-7,11-19,24-25H,2-3,8-10,20-23H2,1H3/q+1. The highest BCUT2D eigenvalue weighted by molar-refractivity contribution is 6.08. The summed E-state index contributed by atoms with van der Waals surface area (Å²) in [4.78, 5) is 2.64. The largest absolute Gasteiger partial charge is 0.341 e. The van der Waals surface area contributed by atoms with Gasteiger partial charge in [0.05, 0.1) is 5.39 Å². The summed E-state index contributed by atoms with van der Waals surface area (Å²) >= 11 is 0. The van der Waals surface area contributed by atoms with Gasteiger partial charge in [-0.1, -0.05) is 55.0 Å². The molecular formula is C33H36N3+. The number of para-hydroxylation sites is 2. The number of fused-ring (bicyclic) bond motifs is 4. The van der Waals surface area contributed by atoms with E-state index in [0.717, 1.165) is 13.1 Å². The van der Waals surface area contributed by atoms with Gasteiger partial charge in [-0.05, 0) is 68.2 Å². The van der Waals surface area contributed by atoms with E-state index in [0.29, 0.717) is 0 Å². The van der Waals surface area contributed by atoms with Gasteiger partial charge in [0, 0.05) is 53.4 Å². The van der Waals surface area contributed by atoms with Crippen molar-refractivity contribution in [3.8, 4) is 0 Å². The Hall–Kier alpha value is -3.43. The van der Waals surface area contributed by atoms with Crippen LogP contribution in [0.15, 0.2) is 79.0 Å². The monoisotopic (exact) mass is 474 g/mol. The third kappa shape index (κ3) is 4.44. The van der Waals surface area contributed by atoms with Gasteiger partial charge in [-0.25, -0.2) is 0 Å². The van der Waals surface area contributed by atoms with Gasteiger partial charge in [-0.2, -0.15) is 4.57 Å². The second-order valence-corrected chi connectivity index (χ2v) is 10.1. The van der Waals surface area contributed by atoms with Gasteiger partial charge in [0.15, 0.2) is 6.20 Å². The van der Waals surface area contributed by atoms with Gasteiger partial charge in [-0.15, -0.1) is 0 Å². The number of likely N-dealkylation sites (tertiary alicyclic amines) is 1. The van der Waals surface area contributed by atoms with E-state index in [4.69, 9.17) is 0 Å². The molecule has 3 heteroatoms. The number of nitrogens with zero attached hydrogens (tertiary/aromatic N) is 3. The lowest BCUT2D eigenvalue weighted by Gasteiger charge is -2.25. The summed E-state index contributed by atoms with van der Waals surface area (Å²) in [6.45, 7) is 8.03. The van der Waals surface area contributed by atoms with E-state index < -0.39 is 0 Å². The normalized spacial score (nSPS) is 15.0. The van der Waals surface area contributed by atoms with Gasteiger partial charge in [-0.3, -0.25) is 0 Å². The molecule has 182 valence electrons. The number of rotatable bonds is 7. The Labute approximate surface area is 214 Å². The van der Waals surface area contributed by atoms with Crippen LogP contribution in [0.25, 0.3) is 44.9 Å². The summed E-state index contributed by atoms with van der Waals surface area (Å²) in [6, 6.07) is 26.7. The van der Waals surface area contributed by atoms with Crippen LogP contribution in [-0.2, 0) is 13.1 Å². The molecule has 0 N–H and O–H groups in total. The summed E-state index contributed by atoms with van der Waals surface area (Å²) < 4.78 is 4.84. The van der Waals surface area contributed by atoms with E-state index in [-0.39, 0.29) is 0 Å². The zero-order chi connectivity index (χ0) is 24.3. The van der Waals surface area contributed by atoms with Crippen LogP contribution in [0.1, 0.15) is 43.7 Å². The second-order valence-electron chi connectivity index (χ2n) is 10.1. The van der Waals surface area contributed by atoms with E-state index in [1.165, 1.54) is 89.2 Å². The maximum Gasteiger partial charge on any atom is 0.213 e. The first kappa shape index (κ1) is 23.0. The van der Waals surface area contributed by atoms with Crippen molar-refractivity contribution >= 4 is 44.9 Å². The van der Waals surface area contributed by atoms with Crippen LogP contribution in [0, 0.1) is 0 Å². The Morgan fingerprint density at radius 1 is 0.778 bits per heavy atom. The lowest BCUT2D eigenvalue weighted by atomic mass is 10.1. The molecule has 5 aromatic rings. The minimum atomic E-state index is 0.979. The molecule has 3 heterocycles. The van der Waals surface area contributed by atoms with Crippen LogP contribution in [0.5, 0.6) is 0 Å². The van der Waals surface area contributed by atoms with Crippen molar-refractivity contribution in [1.29, 1.82) is 0 Å². The molecule has 0 saturated carbocycles. The fourth-order valence-corrected chi connectivity index (χ4v) is 6.00. The van der Waals surface area contributed by atoms with Crippen LogP contribution < -0.4 is 4.57 Å². The predicted molar refractivity (Wildman–Crippen MR) is 153 cm³/mol. The number of aryl methyl sites for hydroxylation is 2. The lowest BCUT2D eigenvalue weighted by molar-refractivity contribution is -0.671. The second kappa shape index (κ2) is 10.3. The van der Waals surface area contributed by atoms with E-state index >= 15 is 0 Å². The van der Waals surface area contributed by atoms with Crippen molar-refractivity contribution in [1.82, 2.24) is 9.47 Å². The Morgan fingerprint density at radius 2 is 1.56 bits per heavy atom. The summed E-state index contributed by atoms with van der Waals surface area (Å²) in [6.07, 6.45) is 12.2. The van der Waals surface area contributed by atoms with Crippen molar-refractivity contribution in [2.45, 2.75) is 45.7 Å². The van der Waals surface area contributed by atoms with Crippen LogP contribution >= 0.6 is 0 Å². The topological polar surface area (TPSA) is 12.0 Å². The molecular weight excluding hydrogens is 438 g/mol. The molecule has 0 bridgehead atoms. The molecule has 0 atom stereocenters. The minimum Gasteiger partial charge on any atom is -0.341 e. The molecule has 1 aliphatic rings. The number of benzene rings is 3. The molecule has 3 aromatic carbocycles. The van der Waals surface area contributed by atoms with Crippen molar-refractivity contribution in [3.63, 3.8) is 0 Å². The van der Waals surface area contributed by atoms with Crippen LogP contribution in [-0.4, -0.2) is 29.1 Å². The Bertz CT molecular complexity index is 1540. The molecule has 2 aromatic heterocycles.